The summed E-state index contributed by atoms with van der Waals surface area (Å²) >= 11 is 0. The summed E-state index contributed by atoms with van der Waals surface area (Å²) in [6, 6.07) is 9.90. The minimum absolute atomic E-state index is 0.110. The molecule has 3 N–H and O–H groups in total. The largest absolute Gasteiger partial charge is 0.469 e. The second-order valence-corrected chi connectivity index (χ2v) is 4.63. The molecule has 0 amide bonds. The minimum atomic E-state index is -0.629. The Labute approximate surface area is 107 Å². The summed E-state index contributed by atoms with van der Waals surface area (Å²) in [5, 5.41) is 10.5. The molecule has 2 atom stereocenters. The van der Waals surface area contributed by atoms with Crippen LogP contribution in [0.25, 0.3) is 0 Å². The summed E-state index contributed by atoms with van der Waals surface area (Å²) < 4.78 is 5.24. The van der Waals surface area contributed by atoms with Crippen LogP contribution in [0.4, 0.5) is 0 Å². The van der Waals surface area contributed by atoms with Gasteiger partial charge in [0.05, 0.1) is 12.4 Å². The maximum absolute atomic E-state index is 10.5. The fourth-order valence-electron chi connectivity index (χ4n) is 2.27. The van der Waals surface area contributed by atoms with Crippen LogP contribution in [0.5, 0.6) is 0 Å². The van der Waals surface area contributed by atoms with Gasteiger partial charge in [-0.2, -0.15) is 0 Å². The van der Waals surface area contributed by atoms with Gasteiger partial charge in [-0.3, -0.25) is 0 Å². The first-order valence-corrected chi connectivity index (χ1v) is 6.12. The van der Waals surface area contributed by atoms with E-state index in [1.54, 1.807) is 12.3 Å². The van der Waals surface area contributed by atoms with Crippen molar-refractivity contribution in [2.24, 2.45) is 5.73 Å². The van der Waals surface area contributed by atoms with Crippen LogP contribution in [0.3, 0.4) is 0 Å². The van der Waals surface area contributed by atoms with Gasteiger partial charge in [-0.1, -0.05) is 29.8 Å². The molecule has 1 heterocycles. The lowest BCUT2D eigenvalue weighted by Gasteiger charge is -2.22. The summed E-state index contributed by atoms with van der Waals surface area (Å²) in [4.78, 5) is 0. The van der Waals surface area contributed by atoms with Crippen molar-refractivity contribution in [1.29, 1.82) is 0 Å². The van der Waals surface area contributed by atoms with Crippen LogP contribution in [0.1, 0.15) is 34.5 Å². The second kappa shape index (κ2) is 5.38. The maximum atomic E-state index is 10.5. The predicted molar refractivity (Wildman–Crippen MR) is 71.4 cm³/mol. The average molecular weight is 245 g/mol. The first-order chi connectivity index (χ1) is 8.63. The molecule has 3 heteroatoms. The Kier molecular flexibility index (Phi) is 3.84. The van der Waals surface area contributed by atoms with Crippen molar-refractivity contribution in [3.8, 4) is 0 Å². The Morgan fingerprint density at radius 3 is 2.61 bits per heavy atom. The van der Waals surface area contributed by atoms with Crippen LogP contribution in [0, 0.1) is 13.8 Å². The smallest absolute Gasteiger partial charge is 0.106 e. The molecule has 0 spiro atoms. The molecular formula is C15H19NO2. The van der Waals surface area contributed by atoms with E-state index in [1.807, 2.05) is 32.0 Å². The molecule has 0 aliphatic rings. The lowest BCUT2D eigenvalue weighted by molar-refractivity contribution is 0.145. The van der Waals surface area contributed by atoms with Crippen molar-refractivity contribution in [1.82, 2.24) is 0 Å². The van der Waals surface area contributed by atoms with Crippen molar-refractivity contribution in [3.05, 3.63) is 59.0 Å². The van der Waals surface area contributed by atoms with Crippen molar-refractivity contribution in [2.75, 3.05) is 6.54 Å². The fourth-order valence-corrected chi connectivity index (χ4v) is 2.27. The Bertz CT molecular complexity index is 519. The van der Waals surface area contributed by atoms with E-state index < -0.39 is 6.10 Å². The highest BCUT2D eigenvalue weighted by Crippen LogP contribution is 2.32. The zero-order valence-electron chi connectivity index (χ0n) is 10.8. The molecule has 0 radical (unpaired) electrons. The van der Waals surface area contributed by atoms with E-state index in [-0.39, 0.29) is 5.92 Å². The number of hydrogen-bond donors (Lipinski definition) is 2. The lowest BCUT2D eigenvalue weighted by Crippen LogP contribution is -2.20. The molecule has 0 aliphatic heterocycles. The molecule has 0 saturated carbocycles. The van der Waals surface area contributed by atoms with Gasteiger partial charge in [0, 0.05) is 18.0 Å². The zero-order chi connectivity index (χ0) is 13.1. The van der Waals surface area contributed by atoms with Gasteiger partial charge in [0.1, 0.15) is 5.76 Å². The molecule has 96 valence electrons. The van der Waals surface area contributed by atoms with Crippen LogP contribution < -0.4 is 5.73 Å². The van der Waals surface area contributed by atoms with E-state index in [1.165, 1.54) is 5.56 Å². The standard InChI is InChI=1S/C15H19NO2/c1-10-4-3-5-12(8-10)14(9-16)15(17)13-6-7-18-11(13)2/h3-8,14-15,17H,9,16H2,1-2H3. The molecule has 18 heavy (non-hydrogen) atoms. The van der Waals surface area contributed by atoms with Crippen LogP contribution in [0.2, 0.25) is 0 Å². The quantitative estimate of drug-likeness (QED) is 0.870. The molecule has 0 aliphatic carbocycles. The van der Waals surface area contributed by atoms with E-state index >= 15 is 0 Å². The van der Waals surface area contributed by atoms with Gasteiger partial charge in [-0.05, 0) is 25.5 Å². The number of benzene rings is 1. The third-order valence-corrected chi connectivity index (χ3v) is 3.32. The third-order valence-electron chi connectivity index (χ3n) is 3.32. The summed E-state index contributed by atoms with van der Waals surface area (Å²) in [6.07, 6.45) is 0.966. The molecule has 2 unspecified atom stereocenters. The second-order valence-electron chi connectivity index (χ2n) is 4.63. The Hall–Kier alpha value is -1.58. The first kappa shape index (κ1) is 12.9. The Balaban J connectivity index is 2.32. The monoisotopic (exact) mass is 245 g/mol. The molecule has 0 bridgehead atoms. The van der Waals surface area contributed by atoms with Crippen molar-refractivity contribution in [3.63, 3.8) is 0 Å². The van der Waals surface area contributed by atoms with Gasteiger partial charge in [-0.15, -0.1) is 0 Å². The summed E-state index contributed by atoms with van der Waals surface area (Å²) in [5.41, 5.74) is 8.86. The summed E-state index contributed by atoms with van der Waals surface area (Å²) in [5.74, 6) is 0.634. The highest BCUT2D eigenvalue weighted by molar-refractivity contribution is 5.30. The van der Waals surface area contributed by atoms with Crippen LogP contribution >= 0.6 is 0 Å². The summed E-state index contributed by atoms with van der Waals surface area (Å²) in [6.45, 7) is 4.28. The van der Waals surface area contributed by atoms with E-state index in [4.69, 9.17) is 10.2 Å². The fraction of sp³-hybridized carbons (Fsp3) is 0.333. The topological polar surface area (TPSA) is 59.4 Å². The van der Waals surface area contributed by atoms with Gasteiger partial charge >= 0.3 is 0 Å². The number of furan rings is 1. The van der Waals surface area contributed by atoms with Gasteiger partial charge in [-0.25, -0.2) is 0 Å². The lowest BCUT2D eigenvalue weighted by atomic mass is 9.88. The van der Waals surface area contributed by atoms with E-state index in [0.717, 1.165) is 16.9 Å². The van der Waals surface area contributed by atoms with Crippen LogP contribution in [-0.4, -0.2) is 11.7 Å². The number of aryl methyl sites for hydroxylation is 2. The molecular weight excluding hydrogens is 226 g/mol. The maximum Gasteiger partial charge on any atom is 0.106 e. The number of aliphatic hydroxyl groups is 1. The molecule has 0 fully saturated rings. The van der Waals surface area contributed by atoms with E-state index in [9.17, 15) is 5.11 Å². The molecule has 3 nitrogen and oxygen atoms in total. The van der Waals surface area contributed by atoms with Crippen molar-refractivity contribution in [2.45, 2.75) is 25.9 Å². The highest BCUT2D eigenvalue weighted by atomic mass is 16.3. The number of nitrogens with two attached hydrogens (primary N) is 1. The van der Waals surface area contributed by atoms with Gasteiger partial charge < -0.3 is 15.3 Å². The van der Waals surface area contributed by atoms with Crippen molar-refractivity contribution < 1.29 is 9.52 Å². The molecule has 2 aromatic rings. The number of hydrogen-bond acceptors (Lipinski definition) is 3. The van der Waals surface area contributed by atoms with E-state index in [2.05, 4.69) is 6.07 Å². The number of aliphatic hydroxyl groups excluding tert-OH is 1. The van der Waals surface area contributed by atoms with Gasteiger partial charge in [0.25, 0.3) is 0 Å². The molecule has 0 saturated heterocycles. The first-order valence-electron chi connectivity index (χ1n) is 6.12. The molecule has 1 aromatic carbocycles. The Morgan fingerprint density at radius 2 is 2.06 bits per heavy atom. The summed E-state index contributed by atoms with van der Waals surface area (Å²) in [7, 11) is 0. The van der Waals surface area contributed by atoms with Gasteiger partial charge in [0.2, 0.25) is 0 Å². The minimum Gasteiger partial charge on any atom is -0.469 e. The Morgan fingerprint density at radius 1 is 1.28 bits per heavy atom. The zero-order valence-corrected chi connectivity index (χ0v) is 10.8. The predicted octanol–water partition coefficient (Wildman–Crippen LogP) is 2.67. The highest BCUT2D eigenvalue weighted by Gasteiger charge is 2.24. The van der Waals surface area contributed by atoms with Crippen LogP contribution in [-0.2, 0) is 0 Å². The van der Waals surface area contributed by atoms with E-state index in [0.29, 0.717) is 6.54 Å². The molecule has 2 rings (SSSR count). The molecule has 1 aromatic heterocycles. The van der Waals surface area contributed by atoms with Gasteiger partial charge in [0.15, 0.2) is 0 Å². The number of rotatable bonds is 4. The normalized spacial score (nSPS) is 14.4. The average Bonchev–Trinajstić information content (AvgIpc) is 2.76. The third kappa shape index (κ3) is 2.47. The SMILES string of the molecule is Cc1cccc(C(CN)C(O)c2ccoc2C)c1. The van der Waals surface area contributed by atoms with Crippen molar-refractivity contribution >= 4 is 0 Å². The van der Waals surface area contributed by atoms with Crippen LogP contribution in [0.15, 0.2) is 41.0 Å².